The van der Waals surface area contributed by atoms with Gasteiger partial charge in [-0.2, -0.15) is 11.8 Å². The van der Waals surface area contributed by atoms with Crippen LogP contribution in [0.25, 0.3) is 0 Å². The molecule has 2 aliphatic rings. The summed E-state index contributed by atoms with van der Waals surface area (Å²) in [6.07, 6.45) is 13.2. The molecule has 0 aromatic carbocycles. The van der Waals surface area contributed by atoms with Crippen molar-refractivity contribution in [2.45, 2.75) is 76.0 Å². The van der Waals surface area contributed by atoms with Crippen molar-refractivity contribution in [3.8, 4) is 0 Å². The van der Waals surface area contributed by atoms with E-state index in [2.05, 4.69) is 24.0 Å². The zero-order valence-electron chi connectivity index (χ0n) is 11.4. The first-order chi connectivity index (χ1) is 8.38. The lowest BCUT2D eigenvalue weighted by Gasteiger charge is -2.22. The number of rotatable bonds is 6. The highest BCUT2D eigenvalue weighted by molar-refractivity contribution is 7.99. The first-order valence-corrected chi connectivity index (χ1v) is 8.78. The third-order valence-corrected chi connectivity index (χ3v) is 5.73. The van der Waals surface area contributed by atoms with Gasteiger partial charge in [0.25, 0.3) is 0 Å². The summed E-state index contributed by atoms with van der Waals surface area (Å²) in [6, 6.07) is 0.836. The molecule has 0 aliphatic heterocycles. The van der Waals surface area contributed by atoms with Crippen LogP contribution in [0.5, 0.6) is 0 Å². The second-order valence-electron chi connectivity index (χ2n) is 5.83. The Morgan fingerprint density at radius 2 is 1.88 bits per heavy atom. The van der Waals surface area contributed by atoms with Crippen LogP contribution in [-0.4, -0.2) is 23.6 Å². The van der Waals surface area contributed by atoms with Crippen molar-refractivity contribution < 1.29 is 0 Å². The molecule has 2 heteroatoms. The van der Waals surface area contributed by atoms with Gasteiger partial charge in [-0.25, -0.2) is 0 Å². The Labute approximate surface area is 112 Å². The van der Waals surface area contributed by atoms with Crippen molar-refractivity contribution in [2.75, 3.05) is 12.3 Å². The van der Waals surface area contributed by atoms with E-state index in [0.29, 0.717) is 0 Å². The molecule has 2 atom stereocenters. The van der Waals surface area contributed by atoms with E-state index in [1.54, 1.807) is 0 Å². The summed E-state index contributed by atoms with van der Waals surface area (Å²) < 4.78 is 0. The van der Waals surface area contributed by atoms with Crippen LogP contribution in [-0.2, 0) is 0 Å². The van der Waals surface area contributed by atoms with Crippen LogP contribution in [0.2, 0.25) is 0 Å². The average molecular weight is 255 g/mol. The second kappa shape index (κ2) is 7.68. The van der Waals surface area contributed by atoms with Crippen molar-refractivity contribution >= 4 is 11.8 Å². The van der Waals surface area contributed by atoms with Crippen LogP contribution < -0.4 is 5.32 Å². The van der Waals surface area contributed by atoms with Crippen LogP contribution in [0.15, 0.2) is 0 Å². The molecule has 0 heterocycles. The smallest absolute Gasteiger partial charge is 0.00780 e. The van der Waals surface area contributed by atoms with Gasteiger partial charge in [-0.1, -0.05) is 39.0 Å². The highest BCUT2D eigenvalue weighted by Gasteiger charge is 2.24. The standard InChI is InChI=1S/C15H29NS/c1-2-17-15-9-8-14(12-15)16-11-10-13-6-4-3-5-7-13/h13-16H,2-12H2,1H3. The van der Waals surface area contributed by atoms with Gasteiger partial charge in [-0.05, 0) is 43.9 Å². The van der Waals surface area contributed by atoms with E-state index in [1.807, 2.05) is 0 Å². The predicted molar refractivity (Wildman–Crippen MR) is 78.8 cm³/mol. The lowest BCUT2D eigenvalue weighted by Crippen LogP contribution is -2.29. The Balaban J connectivity index is 1.53. The summed E-state index contributed by atoms with van der Waals surface area (Å²) in [5, 5.41) is 4.76. The minimum Gasteiger partial charge on any atom is -0.314 e. The first kappa shape index (κ1) is 13.7. The fourth-order valence-corrected chi connectivity index (χ4v) is 4.62. The van der Waals surface area contributed by atoms with Gasteiger partial charge in [0.1, 0.15) is 0 Å². The molecule has 100 valence electrons. The van der Waals surface area contributed by atoms with Gasteiger partial charge in [-0.3, -0.25) is 0 Å². The van der Waals surface area contributed by atoms with Crippen LogP contribution in [0, 0.1) is 5.92 Å². The molecule has 2 unspecified atom stereocenters. The maximum atomic E-state index is 3.80. The van der Waals surface area contributed by atoms with Gasteiger partial charge in [-0.15, -0.1) is 0 Å². The highest BCUT2D eigenvalue weighted by atomic mass is 32.2. The molecule has 0 spiro atoms. The minimum atomic E-state index is 0.836. The van der Waals surface area contributed by atoms with E-state index < -0.39 is 0 Å². The quantitative estimate of drug-likeness (QED) is 0.762. The molecule has 0 aromatic heterocycles. The van der Waals surface area contributed by atoms with Gasteiger partial charge >= 0.3 is 0 Å². The fraction of sp³-hybridized carbons (Fsp3) is 1.00. The highest BCUT2D eigenvalue weighted by Crippen LogP contribution is 2.30. The maximum absolute atomic E-state index is 3.80. The molecule has 1 nitrogen and oxygen atoms in total. The molecule has 2 saturated carbocycles. The predicted octanol–water partition coefficient (Wildman–Crippen LogP) is 4.22. The summed E-state index contributed by atoms with van der Waals surface area (Å²) in [5.74, 6) is 2.33. The van der Waals surface area contributed by atoms with E-state index in [0.717, 1.165) is 17.2 Å². The van der Waals surface area contributed by atoms with Crippen molar-refractivity contribution in [3.63, 3.8) is 0 Å². The molecule has 0 aromatic rings. The number of nitrogens with one attached hydrogen (secondary N) is 1. The largest absolute Gasteiger partial charge is 0.314 e. The SMILES string of the molecule is CCSC1CCC(NCCC2CCCCC2)C1. The van der Waals surface area contributed by atoms with Crippen LogP contribution in [0.1, 0.15) is 64.7 Å². The van der Waals surface area contributed by atoms with Crippen molar-refractivity contribution in [1.29, 1.82) is 0 Å². The van der Waals surface area contributed by atoms with Gasteiger partial charge in [0.2, 0.25) is 0 Å². The van der Waals surface area contributed by atoms with E-state index in [4.69, 9.17) is 0 Å². The molecular formula is C15H29NS. The molecule has 0 amide bonds. The molecule has 17 heavy (non-hydrogen) atoms. The number of hydrogen-bond acceptors (Lipinski definition) is 2. The van der Waals surface area contributed by atoms with E-state index in [9.17, 15) is 0 Å². The van der Waals surface area contributed by atoms with Gasteiger partial charge < -0.3 is 5.32 Å². The minimum absolute atomic E-state index is 0.836. The summed E-state index contributed by atoms with van der Waals surface area (Å²) in [5.41, 5.74) is 0. The zero-order valence-corrected chi connectivity index (χ0v) is 12.2. The Morgan fingerprint density at radius 1 is 1.06 bits per heavy atom. The third kappa shape index (κ3) is 4.82. The van der Waals surface area contributed by atoms with Crippen molar-refractivity contribution in [2.24, 2.45) is 5.92 Å². The fourth-order valence-electron chi connectivity index (χ4n) is 3.48. The molecule has 0 radical (unpaired) electrons. The molecule has 2 rings (SSSR count). The normalized spacial score (nSPS) is 30.9. The van der Waals surface area contributed by atoms with Gasteiger partial charge in [0.15, 0.2) is 0 Å². The Hall–Kier alpha value is 0.310. The van der Waals surface area contributed by atoms with E-state index in [1.165, 1.54) is 70.1 Å². The third-order valence-electron chi connectivity index (χ3n) is 4.50. The summed E-state index contributed by atoms with van der Waals surface area (Å²) >= 11 is 2.16. The molecular weight excluding hydrogens is 226 g/mol. The maximum Gasteiger partial charge on any atom is 0.00780 e. The average Bonchev–Trinajstić information content (AvgIpc) is 2.79. The van der Waals surface area contributed by atoms with Crippen molar-refractivity contribution in [1.82, 2.24) is 5.32 Å². The van der Waals surface area contributed by atoms with Crippen LogP contribution in [0.3, 0.4) is 0 Å². The summed E-state index contributed by atoms with van der Waals surface area (Å²) in [6.45, 7) is 3.56. The molecule has 0 saturated heterocycles. The van der Waals surface area contributed by atoms with Crippen molar-refractivity contribution in [3.05, 3.63) is 0 Å². The lowest BCUT2D eigenvalue weighted by atomic mass is 9.87. The topological polar surface area (TPSA) is 12.0 Å². The molecule has 1 N–H and O–H groups in total. The van der Waals surface area contributed by atoms with Crippen LogP contribution >= 0.6 is 11.8 Å². The van der Waals surface area contributed by atoms with Crippen LogP contribution in [0.4, 0.5) is 0 Å². The lowest BCUT2D eigenvalue weighted by molar-refractivity contribution is 0.327. The Kier molecular flexibility index (Phi) is 6.21. The summed E-state index contributed by atoms with van der Waals surface area (Å²) in [7, 11) is 0. The Morgan fingerprint density at radius 3 is 2.65 bits per heavy atom. The Bertz CT molecular complexity index is 201. The molecule has 2 aliphatic carbocycles. The van der Waals surface area contributed by atoms with Gasteiger partial charge in [0.05, 0.1) is 0 Å². The molecule has 0 bridgehead atoms. The first-order valence-electron chi connectivity index (χ1n) is 7.73. The molecule has 2 fully saturated rings. The van der Waals surface area contributed by atoms with Gasteiger partial charge in [0, 0.05) is 11.3 Å². The number of thioether (sulfide) groups is 1. The number of hydrogen-bond donors (Lipinski definition) is 1. The zero-order chi connectivity index (χ0) is 11.9. The van der Waals surface area contributed by atoms with E-state index >= 15 is 0 Å². The second-order valence-corrected chi connectivity index (χ2v) is 7.41. The monoisotopic (exact) mass is 255 g/mol. The summed E-state index contributed by atoms with van der Waals surface area (Å²) in [4.78, 5) is 0. The van der Waals surface area contributed by atoms with E-state index in [-0.39, 0.29) is 0 Å².